The first-order valence-electron chi connectivity index (χ1n) is 6.51. The number of amides is 1. The van der Waals surface area contributed by atoms with Gasteiger partial charge in [0.25, 0.3) is 5.91 Å². The number of nitrogens with zero attached hydrogens (tertiary/aromatic N) is 5. The van der Waals surface area contributed by atoms with Gasteiger partial charge in [-0.1, -0.05) is 17.3 Å². The van der Waals surface area contributed by atoms with Crippen LogP contribution in [0.25, 0.3) is 5.65 Å². The number of carbonyl (C=O) groups excluding carboxylic acids is 1. The van der Waals surface area contributed by atoms with E-state index in [-0.39, 0.29) is 22.8 Å². The summed E-state index contributed by atoms with van der Waals surface area (Å²) >= 11 is 1.41. The number of thioether (sulfide) groups is 1. The number of phenolic OH excluding ortho intramolecular Hbond substituents is 1. The fraction of sp³-hybridized carbons (Fsp3) is 0.154. The van der Waals surface area contributed by atoms with Crippen molar-refractivity contribution in [2.75, 3.05) is 11.6 Å². The SMILES string of the molecule is CSCn1nnc2c(C(=O)Nc3ccccc3O)ncn2c1=O. The Hall–Kier alpha value is -2.88. The Labute approximate surface area is 134 Å². The smallest absolute Gasteiger partial charge is 0.353 e. The number of imidazole rings is 1. The first-order chi connectivity index (χ1) is 11.1. The Morgan fingerprint density at radius 3 is 2.91 bits per heavy atom. The lowest BCUT2D eigenvalue weighted by Gasteiger charge is -2.05. The second kappa shape index (κ2) is 6.08. The highest BCUT2D eigenvalue weighted by Gasteiger charge is 2.18. The van der Waals surface area contributed by atoms with Gasteiger partial charge in [0.15, 0.2) is 11.3 Å². The fourth-order valence-electron chi connectivity index (χ4n) is 1.96. The van der Waals surface area contributed by atoms with Gasteiger partial charge in [-0.25, -0.2) is 14.2 Å². The van der Waals surface area contributed by atoms with Crippen LogP contribution in [-0.2, 0) is 5.88 Å². The number of aromatic nitrogens is 5. The molecule has 0 fully saturated rings. The van der Waals surface area contributed by atoms with Crippen molar-refractivity contribution in [2.45, 2.75) is 5.88 Å². The Balaban J connectivity index is 1.97. The average Bonchev–Trinajstić information content (AvgIpc) is 2.97. The molecule has 0 unspecified atom stereocenters. The molecule has 0 atom stereocenters. The van der Waals surface area contributed by atoms with Crippen molar-refractivity contribution in [1.82, 2.24) is 24.4 Å². The molecule has 23 heavy (non-hydrogen) atoms. The first kappa shape index (κ1) is 15.0. The second-order valence-electron chi connectivity index (χ2n) is 4.55. The number of para-hydroxylation sites is 2. The number of phenols is 1. The highest BCUT2D eigenvalue weighted by Crippen LogP contribution is 2.22. The molecule has 0 radical (unpaired) electrons. The van der Waals surface area contributed by atoms with Crippen molar-refractivity contribution in [3.8, 4) is 5.75 Å². The maximum atomic E-state index is 12.3. The number of carbonyl (C=O) groups is 1. The van der Waals surface area contributed by atoms with E-state index in [1.807, 2.05) is 6.26 Å². The van der Waals surface area contributed by atoms with Gasteiger partial charge in [0, 0.05) is 0 Å². The topological polar surface area (TPSA) is 114 Å². The summed E-state index contributed by atoms with van der Waals surface area (Å²) in [5.74, 6) is -0.317. The van der Waals surface area contributed by atoms with Crippen LogP contribution in [0.3, 0.4) is 0 Å². The van der Waals surface area contributed by atoms with Gasteiger partial charge in [-0.3, -0.25) is 4.79 Å². The number of benzene rings is 1. The van der Waals surface area contributed by atoms with Crippen LogP contribution in [0.5, 0.6) is 5.75 Å². The minimum atomic E-state index is -0.592. The number of fused-ring (bicyclic) bond motifs is 1. The molecule has 0 aliphatic rings. The minimum absolute atomic E-state index is 0.0471. The van der Waals surface area contributed by atoms with Crippen LogP contribution < -0.4 is 11.0 Å². The Bertz CT molecular complexity index is 935. The molecule has 2 heterocycles. The molecule has 1 aromatic carbocycles. The molecule has 10 heteroatoms. The maximum Gasteiger partial charge on any atom is 0.353 e. The monoisotopic (exact) mass is 332 g/mol. The molecule has 3 aromatic rings. The van der Waals surface area contributed by atoms with E-state index < -0.39 is 11.6 Å². The van der Waals surface area contributed by atoms with Gasteiger partial charge in [-0.2, -0.15) is 4.68 Å². The molecule has 0 aliphatic heterocycles. The summed E-state index contributed by atoms with van der Waals surface area (Å²) in [4.78, 5) is 28.4. The fourth-order valence-corrected chi connectivity index (χ4v) is 2.37. The van der Waals surface area contributed by atoms with Gasteiger partial charge in [0.1, 0.15) is 12.1 Å². The highest BCUT2D eigenvalue weighted by atomic mass is 32.2. The zero-order valence-corrected chi connectivity index (χ0v) is 12.8. The summed E-state index contributed by atoms with van der Waals surface area (Å²) in [5, 5.41) is 19.9. The molecule has 1 amide bonds. The zero-order chi connectivity index (χ0) is 16.4. The molecular formula is C13H12N6O3S. The first-order valence-corrected chi connectivity index (χ1v) is 7.90. The largest absolute Gasteiger partial charge is 0.506 e. The maximum absolute atomic E-state index is 12.3. The molecule has 118 valence electrons. The van der Waals surface area contributed by atoms with E-state index in [0.717, 1.165) is 4.40 Å². The predicted molar refractivity (Wildman–Crippen MR) is 84.6 cm³/mol. The lowest BCUT2D eigenvalue weighted by atomic mass is 10.3. The van der Waals surface area contributed by atoms with Crippen molar-refractivity contribution in [3.05, 3.63) is 46.8 Å². The summed E-state index contributed by atoms with van der Waals surface area (Å²) in [6.07, 6.45) is 3.06. The Kier molecular flexibility index (Phi) is 3.98. The third kappa shape index (κ3) is 2.75. The molecule has 0 bridgehead atoms. The van der Waals surface area contributed by atoms with E-state index >= 15 is 0 Å². The average molecular weight is 332 g/mol. The van der Waals surface area contributed by atoms with Crippen LogP contribution >= 0.6 is 11.8 Å². The van der Waals surface area contributed by atoms with E-state index in [2.05, 4.69) is 20.6 Å². The Morgan fingerprint density at radius 1 is 1.39 bits per heavy atom. The van der Waals surface area contributed by atoms with E-state index in [1.54, 1.807) is 18.2 Å². The van der Waals surface area contributed by atoms with E-state index in [9.17, 15) is 14.7 Å². The van der Waals surface area contributed by atoms with Crippen LogP contribution in [0, 0.1) is 0 Å². The molecule has 3 rings (SSSR count). The van der Waals surface area contributed by atoms with Crippen molar-refractivity contribution in [2.24, 2.45) is 0 Å². The van der Waals surface area contributed by atoms with Gasteiger partial charge >= 0.3 is 5.69 Å². The van der Waals surface area contributed by atoms with Crippen molar-refractivity contribution in [1.29, 1.82) is 0 Å². The summed E-state index contributed by atoms with van der Waals surface area (Å²) in [6.45, 7) is 0. The van der Waals surface area contributed by atoms with Crippen molar-refractivity contribution < 1.29 is 9.90 Å². The third-order valence-corrected chi connectivity index (χ3v) is 3.54. The highest BCUT2D eigenvalue weighted by molar-refractivity contribution is 7.97. The molecular weight excluding hydrogens is 320 g/mol. The predicted octanol–water partition coefficient (Wildman–Crippen LogP) is 0.564. The molecule has 2 N–H and O–H groups in total. The lowest BCUT2D eigenvalue weighted by molar-refractivity contribution is 0.102. The number of hydrogen-bond donors (Lipinski definition) is 2. The van der Waals surface area contributed by atoms with Crippen LogP contribution in [0.1, 0.15) is 10.5 Å². The van der Waals surface area contributed by atoms with Gasteiger partial charge < -0.3 is 10.4 Å². The third-order valence-electron chi connectivity index (χ3n) is 3.04. The molecule has 0 saturated heterocycles. The van der Waals surface area contributed by atoms with Crippen molar-refractivity contribution in [3.63, 3.8) is 0 Å². The lowest BCUT2D eigenvalue weighted by Crippen LogP contribution is -2.29. The number of nitrogens with one attached hydrogen (secondary N) is 1. The van der Waals surface area contributed by atoms with E-state index in [4.69, 9.17) is 0 Å². The quantitative estimate of drug-likeness (QED) is 0.671. The summed E-state index contributed by atoms with van der Waals surface area (Å²) in [5.41, 5.74) is -0.185. The summed E-state index contributed by atoms with van der Waals surface area (Å²) in [7, 11) is 0. The van der Waals surface area contributed by atoms with E-state index in [1.165, 1.54) is 28.8 Å². The molecule has 0 saturated carbocycles. The van der Waals surface area contributed by atoms with Gasteiger partial charge in [-0.15, -0.1) is 16.9 Å². The molecule has 0 aliphatic carbocycles. The van der Waals surface area contributed by atoms with Gasteiger partial charge in [-0.05, 0) is 18.4 Å². The number of rotatable bonds is 4. The zero-order valence-electron chi connectivity index (χ0n) is 12.0. The Morgan fingerprint density at radius 2 is 2.17 bits per heavy atom. The van der Waals surface area contributed by atoms with Crippen LogP contribution in [-0.4, -0.2) is 41.6 Å². The van der Waals surface area contributed by atoms with Crippen LogP contribution in [0.15, 0.2) is 35.4 Å². The summed E-state index contributed by atoms with van der Waals surface area (Å²) < 4.78 is 2.33. The number of anilines is 1. The van der Waals surface area contributed by atoms with Crippen LogP contribution in [0.4, 0.5) is 5.69 Å². The minimum Gasteiger partial charge on any atom is -0.506 e. The molecule has 2 aromatic heterocycles. The molecule has 9 nitrogen and oxygen atoms in total. The van der Waals surface area contributed by atoms with Crippen LogP contribution in [0.2, 0.25) is 0 Å². The number of hydrogen-bond acceptors (Lipinski definition) is 7. The standard InChI is InChI=1S/C13H12N6O3S/c1-23-7-19-13(22)18-6-14-10(11(18)16-17-19)12(21)15-8-4-2-3-5-9(8)20/h2-6,20H,7H2,1H3,(H,15,21). The summed E-state index contributed by atoms with van der Waals surface area (Å²) in [6, 6.07) is 6.29. The second-order valence-corrected chi connectivity index (χ2v) is 5.38. The van der Waals surface area contributed by atoms with Gasteiger partial charge in [0.2, 0.25) is 0 Å². The van der Waals surface area contributed by atoms with Gasteiger partial charge in [0.05, 0.1) is 11.6 Å². The molecule has 0 spiro atoms. The van der Waals surface area contributed by atoms with E-state index in [0.29, 0.717) is 5.88 Å². The normalized spacial score (nSPS) is 10.8. The number of aromatic hydroxyl groups is 1. The van der Waals surface area contributed by atoms with Crippen molar-refractivity contribution >= 4 is 29.0 Å².